The molecule has 1 atom stereocenters. The van der Waals surface area contributed by atoms with E-state index in [1.165, 1.54) is 6.42 Å². The minimum Gasteiger partial charge on any atom is -0.314 e. The zero-order chi connectivity index (χ0) is 12.7. The van der Waals surface area contributed by atoms with Crippen LogP contribution in [0, 0.1) is 5.92 Å². The van der Waals surface area contributed by atoms with Gasteiger partial charge in [-0.25, -0.2) is 0 Å². The number of pyridine rings is 1. The average molecular weight is 235 g/mol. The van der Waals surface area contributed by atoms with Gasteiger partial charge in [0.1, 0.15) is 0 Å². The van der Waals surface area contributed by atoms with Crippen LogP contribution in [0.4, 0.5) is 0 Å². The molecule has 0 saturated heterocycles. The maximum Gasteiger partial charge on any atom is 0.0547 e. The first-order chi connectivity index (χ1) is 8.15. The van der Waals surface area contributed by atoms with Crippen molar-refractivity contribution in [2.45, 2.75) is 33.4 Å². The van der Waals surface area contributed by atoms with E-state index in [0.717, 1.165) is 36.9 Å². The lowest BCUT2D eigenvalue weighted by Crippen LogP contribution is -2.24. The largest absolute Gasteiger partial charge is 0.314 e. The lowest BCUT2D eigenvalue weighted by Gasteiger charge is -2.20. The summed E-state index contributed by atoms with van der Waals surface area (Å²) in [6.45, 7) is 7.44. The van der Waals surface area contributed by atoms with Gasteiger partial charge in [-0.2, -0.15) is 0 Å². The van der Waals surface area contributed by atoms with E-state index in [2.05, 4.69) is 54.3 Å². The zero-order valence-electron chi connectivity index (χ0n) is 11.5. The summed E-state index contributed by atoms with van der Waals surface area (Å²) in [4.78, 5) is 6.98. The molecule has 0 aliphatic rings. The second-order valence-corrected chi connectivity index (χ2v) is 4.86. The monoisotopic (exact) mass is 235 g/mol. The van der Waals surface area contributed by atoms with Crippen LogP contribution in [-0.4, -0.2) is 30.5 Å². The van der Waals surface area contributed by atoms with Crippen LogP contribution in [0.3, 0.4) is 0 Å². The van der Waals surface area contributed by atoms with E-state index in [1.54, 1.807) is 0 Å². The Labute approximate surface area is 105 Å². The maximum atomic E-state index is 4.63. The molecule has 1 unspecified atom stereocenters. The second kappa shape index (κ2) is 7.41. The number of hydrogen-bond donors (Lipinski definition) is 1. The summed E-state index contributed by atoms with van der Waals surface area (Å²) in [6, 6.07) is 6.26. The summed E-state index contributed by atoms with van der Waals surface area (Å²) >= 11 is 0. The molecule has 0 aromatic carbocycles. The Kier molecular flexibility index (Phi) is 6.16. The fourth-order valence-corrected chi connectivity index (χ4v) is 1.90. The molecular weight excluding hydrogens is 210 g/mol. The van der Waals surface area contributed by atoms with Crippen molar-refractivity contribution in [2.24, 2.45) is 5.92 Å². The molecule has 17 heavy (non-hydrogen) atoms. The Morgan fingerprint density at radius 2 is 2.06 bits per heavy atom. The molecule has 3 heteroatoms. The summed E-state index contributed by atoms with van der Waals surface area (Å²) in [5.74, 6) is 0.750. The number of nitrogens with zero attached hydrogens (tertiary/aromatic N) is 2. The molecular formula is C14H25N3. The number of aromatic nitrogens is 1. The molecule has 1 N–H and O–H groups in total. The minimum atomic E-state index is 0.750. The van der Waals surface area contributed by atoms with Gasteiger partial charge in [-0.3, -0.25) is 4.98 Å². The summed E-state index contributed by atoms with van der Waals surface area (Å²) in [5, 5.41) is 3.13. The molecule has 0 aliphatic heterocycles. The van der Waals surface area contributed by atoms with Gasteiger partial charge in [-0.15, -0.1) is 0 Å². The average Bonchev–Trinajstić information content (AvgIpc) is 2.29. The molecule has 0 radical (unpaired) electrons. The zero-order valence-corrected chi connectivity index (χ0v) is 11.5. The minimum absolute atomic E-state index is 0.750. The van der Waals surface area contributed by atoms with Crippen LogP contribution < -0.4 is 5.32 Å². The van der Waals surface area contributed by atoms with E-state index in [9.17, 15) is 0 Å². The Morgan fingerprint density at radius 3 is 2.71 bits per heavy atom. The van der Waals surface area contributed by atoms with Crippen LogP contribution >= 0.6 is 0 Å². The second-order valence-electron chi connectivity index (χ2n) is 4.86. The molecule has 0 fully saturated rings. The Balaban J connectivity index is 2.52. The van der Waals surface area contributed by atoms with Crippen molar-refractivity contribution < 1.29 is 0 Å². The van der Waals surface area contributed by atoms with E-state index in [4.69, 9.17) is 0 Å². The highest BCUT2D eigenvalue weighted by molar-refractivity contribution is 5.11. The molecule has 1 aromatic rings. The molecule has 0 amide bonds. The maximum absolute atomic E-state index is 4.63. The van der Waals surface area contributed by atoms with Gasteiger partial charge >= 0.3 is 0 Å². The van der Waals surface area contributed by atoms with Crippen molar-refractivity contribution in [3.8, 4) is 0 Å². The van der Waals surface area contributed by atoms with Crippen LogP contribution in [0.25, 0.3) is 0 Å². The van der Waals surface area contributed by atoms with E-state index in [1.807, 2.05) is 7.05 Å². The lowest BCUT2D eigenvalue weighted by atomic mass is 10.1. The van der Waals surface area contributed by atoms with E-state index in [0.29, 0.717) is 0 Å². The topological polar surface area (TPSA) is 28.2 Å². The third kappa shape index (κ3) is 5.29. The molecule has 0 aliphatic carbocycles. The first kappa shape index (κ1) is 14.1. The highest BCUT2D eigenvalue weighted by atomic mass is 15.1. The van der Waals surface area contributed by atoms with Gasteiger partial charge in [0.25, 0.3) is 0 Å². The summed E-state index contributed by atoms with van der Waals surface area (Å²) in [6.07, 6.45) is 1.23. The predicted octanol–water partition coefficient (Wildman–Crippen LogP) is 2.28. The standard InChI is InChI=1S/C14H25N3/c1-5-12(2)10-17(4)11-14-8-6-7-13(16-14)9-15-3/h6-8,12,15H,5,9-11H2,1-4H3. The van der Waals surface area contributed by atoms with Gasteiger partial charge in [-0.1, -0.05) is 26.3 Å². The Morgan fingerprint density at radius 1 is 1.35 bits per heavy atom. The van der Waals surface area contributed by atoms with Crippen LogP contribution in [0.5, 0.6) is 0 Å². The molecule has 0 bridgehead atoms. The molecule has 0 saturated carbocycles. The van der Waals surface area contributed by atoms with Crippen LogP contribution in [0.2, 0.25) is 0 Å². The number of nitrogens with one attached hydrogen (secondary N) is 1. The third-order valence-electron chi connectivity index (χ3n) is 2.97. The third-order valence-corrected chi connectivity index (χ3v) is 2.97. The van der Waals surface area contributed by atoms with Crippen molar-refractivity contribution in [2.75, 3.05) is 20.6 Å². The van der Waals surface area contributed by atoms with Crippen LogP contribution in [-0.2, 0) is 13.1 Å². The summed E-state index contributed by atoms with van der Waals surface area (Å²) < 4.78 is 0. The summed E-state index contributed by atoms with van der Waals surface area (Å²) in [5.41, 5.74) is 2.27. The van der Waals surface area contributed by atoms with E-state index < -0.39 is 0 Å². The van der Waals surface area contributed by atoms with E-state index in [-0.39, 0.29) is 0 Å². The molecule has 1 rings (SSSR count). The van der Waals surface area contributed by atoms with Crippen molar-refractivity contribution in [3.63, 3.8) is 0 Å². The highest BCUT2D eigenvalue weighted by Gasteiger charge is 2.06. The van der Waals surface area contributed by atoms with Gasteiger partial charge in [-0.05, 0) is 32.1 Å². The number of hydrogen-bond acceptors (Lipinski definition) is 3. The fraction of sp³-hybridized carbons (Fsp3) is 0.643. The SMILES string of the molecule is CCC(C)CN(C)Cc1cccc(CNC)n1. The molecule has 1 aromatic heterocycles. The fourth-order valence-electron chi connectivity index (χ4n) is 1.90. The van der Waals surface area contributed by atoms with Gasteiger partial charge in [0.15, 0.2) is 0 Å². The molecule has 1 heterocycles. The summed E-state index contributed by atoms with van der Waals surface area (Å²) in [7, 11) is 4.11. The first-order valence-corrected chi connectivity index (χ1v) is 6.43. The quantitative estimate of drug-likeness (QED) is 0.786. The highest BCUT2D eigenvalue weighted by Crippen LogP contribution is 2.07. The normalized spacial score (nSPS) is 13.0. The van der Waals surface area contributed by atoms with Crippen molar-refractivity contribution in [3.05, 3.63) is 29.6 Å². The molecule has 0 spiro atoms. The Bertz CT molecular complexity index is 325. The van der Waals surface area contributed by atoms with Crippen molar-refractivity contribution in [1.82, 2.24) is 15.2 Å². The predicted molar refractivity (Wildman–Crippen MR) is 72.8 cm³/mol. The Hall–Kier alpha value is -0.930. The molecule has 96 valence electrons. The van der Waals surface area contributed by atoms with Gasteiger partial charge in [0.2, 0.25) is 0 Å². The molecule has 3 nitrogen and oxygen atoms in total. The van der Waals surface area contributed by atoms with Crippen LogP contribution in [0.15, 0.2) is 18.2 Å². The van der Waals surface area contributed by atoms with E-state index >= 15 is 0 Å². The van der Waals surface area contributed by atoms with Gasteiger partial charge < -0.3 is 10.2 Å². The van der Waals surface area contributed by atoms with Crippen LogP contribution in [0.1, 0.15) is 31.7 Å². The van der Waals surface area contributed by atoms with Crippen molar-refractivity contribution >= 4 is 0 Å². The number of rotatable bonds is 7. The van der Waals surface area contributed by atoms with Gasteiger partial charge in [0.05, 0.1) is 11.4 Å². The first-order valence-electron chi connectivity index (χ1n) is 6.43. The smallest absolute Gasteiger partial charge is 0.0547 e. The van der Waals surface area contributed by atoms with Crippen molar-refractivity contribution in [1.29, 1.82) is 0 Å². The van der Waals surface area contributed by atoms with Gasteiger partial charge in [0, 0.05) is 19.6 Å². The lowest BCUT2D eigenvalue weighted by molar-refractivity contribution is 0.272.